The van der Waals surface area contributed by atoms with Crippen LogP contribution in [-0.2, 0) is 0 Å². The van der Waals surface area contributed by atoms with E-state index in [2.05, 4.69) is 30.2 Å². The Morgan fingerprint density at radius 1 is 1.25 bits per heavy atom. The fraction of sp³-hybridized carbons (Fsp3) is 0.643. The molecule has 1 saturated carbocycles. The topological polar surface area (TPSA) is 24.9 Å². The van der Waals surface area contributed by atoms with Crippen LogP contribution in [0.3, 0.4) is 0 Å². The van der Waals surface area contributed by atoms with E-state index in [9.17, 15) is 0 Å². The van der Waals surface area contributed by atoms with E-state index in [-0.39, 0.29) is 0 Å². The van der Waals surface area contributed by atoms with Gasteiger partial charge in [-0.25, -0.2) is 0 Å². The second kappa shape index (κ2) is 5.33. The average molecular weight is 218 g/mol. The van der Waals surface area contributed by atoms with Gasteiger partial charge in [-0.05, 0) is 44.2 Å². The van der Waals surface area contributed by atoms with Gasteiger partial charge >= 0.3 is 0 Å². The number of anilines is 1. The third-order valence-electron chi connectivity index (χ3n) is 3.64. The number of hydrogen-bond acceptors (Lipinski definition) is 2. The van der Waals surface area contributed by atoms with Crippen LogP contribution in [0.15, 0.2) is 12.3 Å². The van der Waals surface area contributed by atoms with E-state index in [1.807, 2.05) is 6.20 Å². The van der Waals surface area contributed by atoms with Crippen LogP contribution in [-0.4, -0.2) is 11.5 Å². The summed E-state index contributed by atoms with van der Waals surface area (Å²) < 4.78 is 0. The van der Waals surface area contributed by atoms with Crippen molar-refractivity contribution in [2.24, 2.45) is 5.92 Å². The van der Waals surface area contributed by atoms with E-state index in [1.165, 1.54) is 43.4 Å². The lowest BCUT2D eigenvalue weighted by molar-refractivity contribution is 0.373. The van der Waals surface area contributed by atoms with Crippen LogP contribution >= 0.6 is 0 Å². The van der Waals surface area contributed by atoms with Crippen LogP contribution in [0.4, 0.5) is 5.69 Å². The molecule has 16 heavy (non-hydrogen) atoms. The molecule has 1 aromatic heterocycles. The lowest BCUT2D eigenvalue weighted by Gasteiger charge is -2.23. The molecule has 1 aromatic rings. The number of rotatable bonds is 3. The van der Waals surface area contributed by atoms with E-state index in [4.69, 9.17) is 0 Å². The van der Waals surface area contributed by atoms with Gasteiger partial charge in [-0.15, -0.1) is 0 Å². The van der Waals surface area contributed by atoms with Crippen LogP contribution in [0.25, 0.3) is 0 Å². The molecule has 88 valence electrons. The van der Waals surface area contributed by atoms with Gasteiger partial charge < -0.3 is 5.32 Å². The smallest absolute Gasteiger partial charge is 0.0606 e. The van der Waals surface area contributed by atoms with Crippen molar-refractivity contribution >= 4 is 5.69 Å². The van der Waals surface area contributed by atoms with Crippen molar-refractivity contribution in [3.05, 3.63) is 23.5 Å². The minimum Gasteiger partial charge on any atom is -0.383 e. The molecule has 1 aliphatic rings. The molecule has 0 saturated heterocycles. The summed E-state index contributed by atoms with van der Waals surface area (Å²) in [6, 6.07) is 2.08. The molecule has 0 aliphatic heterocycles. The summed E-state index contributed by atoms with van der Waals surface area (Å²) in [6.45, 7) is 5.35. The van der Waals surface area contributed by atoms with Gasteiger partial charge in [0.05, 0.1) is 11.4 Å². The molecule has 0 bridgehead atoms. The molecule has 1 fully saturated rings. The molecule has 1 heterocycles. The summed E-state index contributed by atoms with van der Waals surface area (Å²) in [5.74, 6) is 0.868. The summed E-state index contributed by atoms with van der Waals surface area (Å²) in [7, 11) is 0. The highest BCUT2D eigenvalue weighted by atomic mass is 14.9. The molecule has 0 amide bonds. The zero-order valence-corrected chi connectivity index (χ0v) is 10.4. The molecule has 0 unspecified atom stereocenters. The van der Waals surface area contributed by atoms with E-state index in [1.54, 1.807) is 0 Å². The fourth-order valence-corrected chi connectivity index (χ4v) is 2.60. The van der Waals surface area contributed by atoms with Gasteiger partial charge in [-0.1, -0.05) is 19.3 Å². The maximum Gasteiger partial charge on any atom is 0.0606 e. The van der Waals surface area contributed by atoms with Crippen LogP contribution < -0.4 is 5.32 Å². The number of nitrogens with zero attached hydrogens (tertiary/aromatic N) is 1. The standard InChI is InChI=1S/C14H22N2/c1-11-8-9-15-12(2)14(11)16-10-13-6-4-3-5-7-13/h8-9,13,16H,3-7,10H2,1-2H3. The summed E-state index contributed by atoms with van der Waals surface area (Å²) in [5.41, 5.74) is 3.67. The largest absolute Gasteiger partial charge is 0.383 e. The van der Waals surface area contributed by atoms with Crippen LogP contribution in [0.1, 0.15) is 43.4 Å². The Balaban J connectivity index is 1.93. The molecule has 1 N–H and O–H groups in total. The molecule has 0 radical (unpaired) electrons. The summed E-state index contributed by atoms with van der Waals surface area (Å²) >= 11 is 0. The van der Waals surface area contributed by atoms with Crippen molar-refractivity contribution in [1.29, 1.82) is 0 Å². The second-order valence-electron chi connectivity index (χ2n) is 4.97. The monoisotopic (exact) mass is 218 g/mol. The Morgan fingerprint density at radius 3 is 2.69 bits per heavy atom. The van der Waals surface area contributed by atoms with E-state index < -0.39 is 0 Å². The predicted molar refractivity (Wildman–Crippen MR) is 68.8 cm³/mol. The van der Waals surface area contributed by atoms with Crippen molar-refractivity contribution in [2.45, 2.75) is 46.0 Å². The van der Waals surface area contributed by atoms with Crippen LogP contribution in [0, 0.1) is 19.8 Å². The van der Waals surface area contributed by atoms with Crippen LogP contribution in [0.2, 0.25) is 0 Å². The highest BCUT2D eigenvalue weighted by Gasteiger charge is 2.13. The number of hydrogen-bond donors (Lipinski definition) is 1. The lowest BCUT2D eigenvalue weighted by Crippen LogP contribution is -2.18. The van der Waals surface area contributed by atoms with Gasteiger partial charge in [0.25, 0.3) is 0 Å². The summed E-state index contributed by atoms with van der Waals surface area (Å²) in [4.78, 5) is 4.34. The second-order valence-corrected chi connectivity index (χ2v) is 4.97. The van der Waals surface area contributed by atoms with Gasteiger partial charge in [-0.2, -0.15) is 0 Å². The first kappa shape index (κ1) is 11.4. The summed E-state index contributed by atoms with van der Waals surface area (Å²) in [6.07, 6.45) is 8.93. The van der Waals surface area contributed by atoms with E-state index in [0.29, 0.717) is 0 Å². The van der Waals surface area contributed by atoms with Crippen molar-refractivity contribution in [3.8, 4) is 0 Å². The Bertz CT molecular complexity index is 320. The summed E-state index contributed by atoms with van der Waals surface area (Å²) in [5, 5.41) is 3.59. The van der Waals surface area contributed by atoms with E-state index >= 15 is 0 Å². The molecule has 2 heteroatoms. The Morgan fingerprint density at radius 2 is 2.00 bits per heavy atom. The maximum absolute atomic E-state index is 4.34. The zero-order valence-electron chi connectivity index (χ0n) is 10.4. The average Bonchev–Trinajstić information content (AvgIpc) is 2.30. The first-order valence-electron chi connectivity index (χ1n) is 6.43. The maximum atomic E-state index is 4.34. The van der Waals surface area contributed by atoms with Crippen molar-refractivity contribution in [2.75, 3.05) is 11.9 Å². The Hall–Kier alpha value is -1.05. The molecule has 1 aliphatic carbocycles. The minimum atomic E-state index is 0.868. The van der Waals surface area contributed by atoms with Crippen molar-refractivity contribution < 1.29 is 0 Å². The van der Waals surface area contributed by atoms with E-state index in [0.717, 1.165) is 18.2 Å². The van der Waals surface area contributed by atoms with Gasteiger partial charge in [0.1, 0.15) is 0 Å². The highest BCUT2D eigenvalue weighted by molar-refractivity contribution is 5.53. The number of aromatic nitrogens is 1. The van der Waals surface area contributed by atoms with Gasteiger partial charge in [-0.3, -0.25) is 4.98 Å². The SMILES string of the molecule is Cc1ccnc(C)c1NCC1CCCCC1. The van der Waals surface area contributed by atoms with Crippen LogP contribution in [0.5, 0.6) is 0 Å². The third-order valence-corrected chi connectivity index (χ3v) is 3.64. The normalized spacial score (nSPS) is 17.4. The van der Waals surface area contributed by atoms with Crippen molar-refractivity contribution in [3.63, 3.8) is 0 Å². The van der Waals surface area contributed by atoms with Gasteiger partial charge in [0.2, 0.25) is 0 Å². The molecular weight excluding hydrogens is 196 g/mol. The van der Waals surface area contributed by atoms with Crippen molar-refractivity contribution in [1.82, 2.24) is 4.98 Å². The number of pyridine rings is 1. The molecule has 2 rings (SSSR count). The molecule has 0 aromatic carbocycles. The first-order valence-corrected chi connectivity index (χ1v) is 6.43. The zero-order chi connectivity index (χ0) is 11.4. The lowest BCUT2D eigenvalue weighted by atomic mass is 9.89. The number of nitrogens with one attached hydrogen (secondary N) is 1. The first-order chi connectivity index (χ1) is 7.77. The third kappa shape index (κ3) is 2.75. The minimum absolute atomic E-state index is 0.868. The number of aryl methyl sites for hydroxylation is 2. The van der Waals surface area contributed by atoms with Gasteiger partial charge in [0.15, 0.2) is 0 Å². The Kier molecular flexibility index (Phi) is 3.81. The Labute approximate surface area is 98.5 Å². The molecule has 0 atom stereocenters. The molecular formula is C14H22N2. The van der Waals surface area contributed by atoms with Gasteiger partial charge in [0, 0.05) is 12.7 Å². The predicted octanol–water partition coefficient (Wildman–Crippen LogP) is 3.69. The fourth-order valence-electron chi connectivity index (χ4n) is 2.60. The molecule has 2 nitrogen and oxygen atoms in total. The highest BCUT2D eigenvalue weighted by Crippen LogP contribution is 2.25. The molecule has 0 spiro atoms. The quantitative estimate of drug-likeness (QED) is 0.837.